The molecule has 1 aromatic carbocycles. The van der Waals surface area contributed by atoms with Gasteiger partial charge >= 0.3 is 5.97 Å². The number of rotatable bonds is 6. The highest BCUT2D eigenvalue weighted by Gasteiger charge is 2.11. The van der Waals surface area contributed by atoms with Crippen LogP contribution in [-0.2, 0) is 16.1 Å². The van der Waals surface area contributed by atoms with Gasteiger partial charge in [0.25, 0.3) is 5.69 Å². The number of benzene rings is 1. The van der Waals surface area contributed by atoms with E-state index in [9.17, 15) is 14.9 Å². The van der Waals surface area contributed by atoms with Gasteiger partial charge in [-0.1, -0.05) is 18.2 Å². The molecule has 3 rings (SSSR count). The Morgan fingerprint density at radius 1 is 1.32 bits per heavy atom. The average Bonchev–Trinajstić information content (AvgIpc) is 3.29. The minimum Gasteiger partial charge on any atom is -0.456 e. The maximum absolute atomic E-state index is 11.8. The van der Waals surface area contributed by atoms with Crippen LogP contribution in [-0.4, -0.2) is 15.9 Å². The average molecular weight is 356 g/mol. The van der Waals surface area contributed by atoms with Gasteiger partial charge < -0.3 is 9.15 Å². The van der Waals surface area contributed by atoms with E-state index in [0.717, 1.165) is 11.0 Å². The number of nitrogens with zero attached hydrogens (tertiary/aromatic N) is 2. The van der Waals surface area contributed by atoms with E-state index in [1.54, 1.807) is 18.2 Å². The van der Waals surface area contributed by atoms with Crippen LogP contribution >= 0.6 is 11.3 Å². The predicted molar refractivity (Wildman–Crippen MR) is 91.7 cm³/mol. The standard InChI is InChI=1S/C17H12N2O5S/c20-16(8-7-12-4-1-2-5-14(12)19(21)22)23-10-13-11-24-17(18-13)15-6-3-9-25-15/h1-9,11H,10H2/b8-7+. The van der Waals surface area contributed by atoms with Gasteiger partial charge in [0, 0.05) is 12.1 Å². The van der Waals surface area contributed by atoms with E-state index in [-0.39, 0.29) is 12.3 Å². The van der Waals surface area contributed by atoms with Crippen LogP contribution in [0.5, 0.6) is 0 Å². The van der Waals surface area contributed by atoms with Crippen molar-refractivity contribution in [3.8, 4) is 10.8 Å². The van der Waals surface area contributed by atoms with Crippen LogP contribution in [0.1, 0.15) is 11.3 Å². The SMILES string of the molecule is O=C(/C=C/c1ccccc1[N+](=O)[O-])OCc1coc(-c2cccs2)n1. The molecule has 0 aliphatic heterocycles. The lowest BCUT2D eigenvalue weighted by atomic mass is 10.1. The zero-order valence-electron chi connectivity index (χ0n) is 12.8. The first-order chi connectivity index (χ1) is 12.1. The van der Waals surface area contributed by atoms with Gasteiger partial charge in [-0.3, -0.25) is 10.1 Å². The fourth-order valence-corrected chi connectivity index (χ4v) is 2.69. The number of nitro benzene ring substituents is 1. The van der Waals surface area contributed by atoms with Crippen molar-refractivity contribution in [3.05, 3.63) is 75.5 Å². The second-order valence-corrected chi connectivity index (χ2v) is 5.83. The molecule has 2 heterocycles. The molecule has 7 nitrogen and oxygen atoms in total. The number of nitro groups is 1. The van der Waals surface area contributed by atoms with E-state index < -0.39 is 10.9 Å². The molecular weight excluding hydrogens is 344 g/mol. The second kappa shape index (κ2) is 7.54. The summed E-state index contributed by atoms with van der Waals surface area (Å²) < 4.78 is 10.4. The van der Waals surface area contributed by atoms with Crippen LogP contribution in [0.4, 0.5) is 5.69 Å². The molecule has 3 aromatic rings. The van der Waals surface area contributed by atoms with Crippen molar-refractivity contribution in [2.24, 2.45) is 0 Å². The summed E-state index contributed by atoms with van der Waals surface area (Å²) >= 11 is 1.49. The van der Waals surface area contributed by atoms with Crippen LogP contribution in [0.15, 0.2) is 58.5 Å². The molecule has 0 bridgehead atoms. The van der Waals surface area contributed by atoms with Crippen LogP contribution in [0.2, 0.25) is 0 Å². The third-order valence-electron chi connectivity index (χ3n) is 3.18. The number of aromatic nitrogens is 1. The molecule has 0 aliphatic rings. The summed E-state index contributed by atoms with van der Waals surface area (Å²) in [6.45, 7) is -0.0467. The first-order valence-corrected chi connectivity index (χ1v) is 8.08. The highest BCUT2D eigenvalue weighted by atomic mass is 32.1. The smallest absolute Gasteiger partial charge is 0.331 e. The maximum atomic E-state index is 11.8. The number of hydrogen-bond acceptors (Lipinski definition) is 7. The Bertz CT molecular complexity index is 915. The molecule has 25 heavy (non-hydrogen) atoms. The zero-order valence-corrected chi connectivity index (χ0v) is 13.6. The summed E-state index contributed by atoms with van der Waals surface area (Å²) in [4.78, 5) is 27.3. The number of carbonyl (C=O) groups excluding carboxylic acids is 1. The lowest BCUT2D eigenvalue weighted by molar-refractivity contribution is -0.385. The van der Waals surface area contributed by atoms with E-state index >= 15 is 0 Å². The van der Waals surface area contributed by atoms with Crippen molar-refractivity contribution >= 4 is 29.1 Å². The van der Waals surface area contributed by atoms with Crippen molar-refractivity contribution in [2.75, 3.05) is 0 Å². The Morgan fingerprint density at radius 2 is 2.16 bits per heavy atom. The van der Waals surface area contributed by atoms with Crippen LogP contribution < -0.4 is 0 Å². The largest absolute Gasteiger partial charge is 0.456 e. The number of thiophene rings is 1. The highest BCUT2D eigenvalue weighted by Crippen LogP contribution is 2.24. The first-order valence-electron chi connectivity index (χ1n) is 7.20. The number of hydrogen-bond donors (Lipinski definition) is 0. The molecule has 0 saturated heterocycles. The van der Waals surface area contributed by atoms with E-state index in [2.05, 4.69) is 4.98 Å². The molecule has 0 fully saturated rings. The summed E-state index contributed by atoms with van der Waals surface area (Å²) in [6.07, 6.45) is 3.91. The molecule has 0 radical (unpaired) electrons. The molecule has 0 unspecified atom stereocenters. The van der Waals surface area contributed by atoms with Crippen molar-refractivity contribution < 1.29 is 18.9 Å². The van der Waals surface area contributed by atoms with Crippen LogP contribution in [0.3, 0.4) is 0 Å². The number of carbonyl (C=O) groups is 1. The topological polar surface area (TPSA) is 95.5 Å². The van der Waals surface area contributed by atoms with Gasteiger partial charge in [0.05, 0.1) is 15.4 Å². The highest BCUT2D eigenvalue weighted by molar-refractivity contribution is 7.13. The molecule has 0 N–H and O–H groups in total. The summed E-state index contributed by atoms with van der Waals surface area (Å²) in [5, 5.41) is 12.8. The lowest BCUT2D eigenvalue weighted by Crippen LogP contribution is -2.01. The van der Waals surface area contributed by atoms with Gasteiger partial charge in [-0.15, -0.1) is 11.3 Å². The van der Waals surface area contributed by atoms with Gasteiger partial charge in [0.15, 0.2) is 0 Å². The normalized spacial score (nSPS) is 10.9. The fourth-order valence-electron chi connectivity index (χ4n) is 2.03. The van der Waals surface area contributed by atoms with Gasteiger partial charge in [-0.2, -0.15) is 0 Å². The molecule has 126 valence electrons. The Morgan fingerprint density at radius 3 is 2.92 bits per heavy atom. The van der Waals surface area contributed by atoms with Crippen molar-refractivity contribution in [3.63, 3.8) is 0 Å². The Balaban J connectivity index is 1.59. The predicted octanol–water partition coefficient (Wildman–Crippen LogP) is 4.07. The maximum Gasteiger partial charge on any atom is 0.331 e. The van der Waals surface area contributed by atoms with Gasteiger partial charge in [0.1, 0.15) is 18.6 Å². The third kappa shape index (κ3) is 4.18. The molecule has 0 aliphatic carbocycles. The zero-order chi connectivity index (χ0) is 17.6. The molecule has 2 aromatic heterocycles. The van der Waals surface area contributed by atoms with Crippen molar-refractivity contribution in [1.29, 1.82) is 0 Å². The van der Waals surface area contributed by atoms with Crippen molar-refractivity contribution in [1.82, 2.24) is 4.98 Å². The minimum absolute atomic E-state index is 0.0467. The summed E-state index contributed by atoms with van der Waals surface area (Å²) in [6, 6.07) is 9.89. The van der Waals surface area contributed by atoms with E-state index in [4.69, 9.17) is 9.15 Å². The Labute approximate surface area is 146 Å². The lowest BCUT2D eigenvalue weighted by Gasteiger charge is -1.98. The number of ether oxygens (including phenoxy) is 1. The molecular formula is C17H12N2O5S. The van der Waals surface area contributed by atoms with Gasteiger partial charge in [-0.25, -0.2) is 9.78 Å². The Kier molecular flexibility index (Phi) is 5.00. The summed E-state index contributed by atoms with van der Waals surface area (Å²) in [7, 11) is 0. The van der Waals surface area contributed by atoms with Crippen LogP contribution in [0, 0.1) is 10.1 Å². The quantitative estimate of drug-likeness (QED) is 0.286. The summed E-state index contributed by atoms with van der Waals surface area (Å²) in [5.41, 5.74) is 0.727. The van der Waals surface area contributed by atoms with Gasteiger partial charge in [0.2, 0.25) is 5.89 Å². The molecule has 0 spiro atoms. The Hall–Kier alpha value is -3.26. The molecule has 0 atom stereocenters. The van der Waals surface area contributed by atoms with Crippen molar-refractivity contribution in [2.45, 2.75) is 6.61 Å². The molecule has 8 heteroatoms. The monoisotopic (exact) mass is 356 g/mol. The molecule has 0 amide bonds. The number of para-hydroxylation sites is 1. The van der Waals surface area contributed by atoms with E-state index in [0.29, 0.717) is 17.1 Å². The number of esters is 1. The third-order valence-corrected chi connectivity index (χ3v) is 4.04. The van der Waals surface area contributed by atoms with E-state index in [1.807, 2.05) is 17.5 Å². The summed E-state index contributed by atoms with van der Waals surface area (Å²) in [5.74, 6) is -0.157. The first kappa shape index (κ1) is 16.6. The molecule has 0 saturated carbocycles. The van der Waals surface area contributed by atoms with E-state index in [1.165, 1.54) is 29.7 Å². The number of oxazole rings is 1. The van der Waals surface area contributed by atoms with Crippen LogP contribution in [0.25, 0.3) is 16.8 Å². The fraction of sp³-hybridized carbons (Fsp3) is 0.0588. The minimum atomic E-state index is -0.626. The second-order valence-electron chi connectivity index (χ2n) is 4.88. The van der Waals surface area contributed by atoms with Gasteiger partial charge in [-0.05, 0) is 23.6 Å².